The molecule has 3 aromatic rings. The average Bonchev–Trinajstić information content (AvgIpc) is 2.94. The van der Waals surface area contributed by atoms with Gasteiger partial charge in [-0.15, -0.1) is 0 Å². The van der Waals surface area contributed by atoms with Gasteiger partial charge in [0.15, 0.2) is 0 Å². The van der Waals surface area contributed by atoms with Gasteiger partial charge in [-0.05, 0) is 37.6 Å². The van der Waals surface area contributed by atoms with Gasteiger partial charge in [0.2, 0.25) is 0 Å². The average molecular weight is 413 g/mol. The third kappa shape index (κ3) is 4.63. The van der Waals surface area contributed by atoms with Crippen LogP contribution in [0.5, 0.6) is 5.75 Å². The highest BCUT2D eigenvalue weighted by Gasteiger charge is 2.22. The van der Waals surface area contributed by atoms with Crippen LogP contribution >= 0.6 is 11.6 Å². The Bertz CT molecular complexity index is 1010. The standard InChI is InChI=1S/C23H25ClN2O3/c1-15-20(13-25-12-18-6-4-5-7-21(18)29-3)22(23(27)28)16(2)26(15)14-17-8-10-19(24)11-9-17/h4-11,25H,12-14H2,1-3H3,(H,27,28). The molecule has 5 nitrogen and oxygen atoms in total. The molecule has 2 N–H and O–H groups in total. The highest BCUT2D eigenvalue weighted by molar-refractivity contribution is 6.30. The van der Waals surface area contributed by atoms with E-state index in [-0.39, 0.29) is 0 Å². The molecule has 0 aliphatic carbocycles. The Morgan fingerprint density at radius 2 is 1.76 bits per heavy atom. The fourth-order valence-corrected chi connectivity index (χ4v) is 3.76. The molecule has 0 bridgehead atoms. The summed E-state index contributed by atoms with van der Waals surface area (Å²) in [4.78, 5) is 12.0. The number of hydrogen-bond acceptors (Lipinski definition) is 3. The second kappa shape index (κ2) is 9.16. The number of aromatic carboxylic acids is 1. The van der Waals surface area contributed by atoms with Crippen LogP contribution in [0.25, 0.3) is 0 Å². The first kappa shape index (κ1) is 21.0. The third-order valence-corrected chi connectivity index (χ3v) is 5.44. The maximum Gasteiger partial charge on any atom is 0.337 e. The van der Waals surface area contributed by atoms with Gasteiger partial charge in [0.1, 0.15) is 5.75 Å². The van der Waals surface area contributed by atoms with Crippen molar-refractivity contribution in [3.8, 4) is 5.75 Å². The van der Waals surface area contributed by atoms with Crippen LogP contribution < -0.4 is 10.1 Å². The van der Waals surface area contributed by atoms with E-state index in [2.05, 4.69) is 5.32 Å². The number of methoxy groups -OCH3 is 1. The zero-order valence-electron chi connectivity index (χ0n) is 16.8. The fourth-order valence-electron chi connectivity index (χ4n) is 3.63. The van der Waals surface area contributed by atoms with Crippen molar-refractivity contribution in [2.75, 3.05) is 7.11 Å². The van der Waals surface area contributed by atoms with E-state index in [1.807, 2.05) is 66.9 Å². The first-order chi connectivity index (χ1) is 13.9. The minimum atomic E-state index is -0.908. The first-order valence-corrected chi connectivity index (χ1v) is 9.79. The lowest BCUT2D eigenvalue weighted by Gasteiger charge is -2.11. The number of nitrogens with one attached hydrogen (secondary N) is 1. The molecule has 29 heavy (non-hydrogen) atoms. The summed E-state index contributed by atoms with van der Waals surface area (Å²) >= 11 is 5.98. The van der Waals surface area contributed by atoms with Gasteiger partial charge in [0, 0.05) is 47.2 Å². The van der Waals surface area contributed by atoms with E-state index >= 15 is 0 Å². The number of carbonyl (C=O) groups is 1. The van der Waals surface area contributed by atoms with Crippen molar-refractivity contribution in [1.82, 2.24) is 9.88 Å². The number of para-hydroxylation sites is 1. The molecule has 0 saturated carbocycles. The van der Waals surface area contributed by atoms with Gasteiger partial charge >= 0.3 is 5.97 Å². The molecule has 0 aliphatic heterocycles. The molecule has 0 fully saturated rings. The van der Waals surface area contributed by atoms with Crippen molar-refractivity contribution in [3.05, 3.63) is 87.2 Å². The zero-order chi connectivity index (χ0) is 21.0. The molecule has 0 saturated heterocycles. The normalized spacial score (nSPS) is 10.9. The predicted octanol–water partition coefficient (Wildman–Crippen LogP) is 4.80. The number of carboxylic acids is 1. The monoisotopic (exact) mass is 412 g/mol. The first-order valence-electron chi connectivity index (χ1n) is 9.41. The van der Waals surface area contributed by atoms with Crippen molar-refractivity contribution in [3.63, 3.8) is 0 Å². The highest BCUT2D eigenvalue weighted by atomic mass is 35.5. The molecule has 152 valence electrons. The Hall–Kier alpha value is -2.76. The third-order valence-electron chi connectivity index (χ3n) is 5.19. The summed E-state index contributed by atoms with van der Waals surface area (Å²) in [7, 11) is 1.64. The van der Waals surface area contributed by atoms with Crippen molar-refractivity contribution in [1.29, 1.82) is 0 Å². The van der Waals surface area contributed by atoms with Gasteiger partial charge in [0.25, 0.3) is 0 Å². The molecule has 1 heterocycles. The van der Waals surface area contributed by atoms with Gasteiger partial charge < -0.3 is 19.7 Å². The molecule has 0 atom stereocenters. The van der Waals surface area contributed by atoms with E-state index in [0.29, 0.717) is 30.2 Å². The van der Waals surface area contributed by atoms with Gasteiger partial charge in [-0.2, -0.15) is 0 Å². The molecule has 2 aromatic carbocycles. The Balaban J connectivity index is 1.84. The maximum atomic E-state index is 12.0. The lowest BCUT2D eigenvalue weighted by atomic mass is 10.1. The quantitative estimate of drug-likeness (QED) is 0.557. The lowest BCUT2D eigenvalue weighted by molar-refractivity contribution is 0.0694. The Kier molecular flexibility index (Phi) is 6.62. The van der Waals surface area contributed by atoms with Crippen molar-refractivity contribution >= 4 is 17.6 Å². The van der Waals surface area contributed by atoms with E-state index < -0.39 is 5.97 Å². The number of halogens is 1. The van der Waals surface area contributed by atoms with Gasteiger partial charge in [-0.25, -0.2) is 4.79 Å². The summed E-state index contributed by atoms with van der Waals surface area (Å²) in [6, 6.07) is 15.4. The van der Waals surface area contributed by atoms with Crippen LogP contribution in [0.1, 0.15) is 38.4 Å². The maximum absolute atomic E-state index is 12.0. The largest absolute Gasteiger partial charge is 0.496 e. The molecule has 6 heteroatoms. The van der Waals surface area contributed by atoms with Crippen LogP contribution in [0.15, 0.2) is 48.5 Å². The van der Waals surface area contributed by atoms with E-state index in [9.17, 15) is 9.90 Å². The Morgan fingerprint density at radius 3 is 2.41 bits per heavy atom. The molecule has 3 rings (SSSR count). The molecule has 0 aliphatic rings. The molecule has 1 aromatic heterocycles. The molecular formula is C23H25ClN2O3. The SMILES string of the molecule is COc1ccccc1CNCc1c(C(=O)O)c(C)n(Cc2ccc(Cl)cc2)c1C. The number of rotatable bonds is 8. The minimum Gasteiger partial charge on any atom is -0.496 e. The Labute approximate surface area is 175 Å². The molecule has 0 amide bonds. The number of aromatic nitrogens is 1. The summed E-state index contributed by atoms with van der Waals surface area (Å²) in [6.45, 7) is 5.47. The summed E-state index contributed by atoms with van der Waals surface area (Å²) in [5.41, 5.74) is 4.96. The summed E-state index contributed by atoms with van der Waals surface area (Å²) in [5.74, 6) is -0.0961. The predicted molar refractivity (Wildman–Crippen MR) is 115 cm³/mol. The van der Waals surface area contributed by atoms with Gasteiger partial charge in [0.05, 0.1) is 12.7 Å². The summed E-state index contributed by atoms with van der Waals surface area (Å²) in [5, 5.41) is 13.9. The lowest BCUT2D eigenvalue weighted by Crippen LogP contribution is -2.16. The van der Waals surface area contributed by atoms with E-state index in [1.165, 1.54) is 0 Å². The van der Waals surface area contributed by atoms with E-state index in [4.69, 9.17) is 16.3 Å². The topological polar surface area (TPSA) is 63.5 Å². The van der Waals surface area contributed by atoms with Crippen molar-refractivity contribution in [2.45, 2.75) is 33.5 Å². The van der Waals surface area contributed by atoms with Crippen molar-refractivity contribution < 1.29 is 14.6 Å². The highest BCUT2D eigenvalue weighted by Crippen LogP contribution is 2.25. The van der Waals surface area contributed by atoms with Crippen LogP contribution in [0.3, 0.4) is 0 Å². The minimum absolute atomic E-state index is 0.365. The zero-order valence-corrected chi connectivity index (χ0v) is 17.6. The second-order valence-corrected chi connectivity index (χ2v) is 7.39. The number of nitrogens with zero attached hydrogens (tertiary/aromatic N) is 1. The van der Waals surface area contributed by atoms with Crippen molar-refractivity contribution in [2.24, 2.45) is 0 Å². The van der Waals surface area contributed by atoms with E-state index in [0.717, 1.165) is 33.8 Å². The number of benzene rings is 2. The van der Waals surface area contributed by atoms with E-state index in [1.54, 1.807) is 7.11 Å². The van der Waals surface area contributed by atoms with Crippen LogP contribution in [-0.4, -0.2) is 22.8 Å². The molecule has 0 unspecified atom stereocenters. The number of ether oxygens (including phenoxy) is 1. The summed E-state index contributed by atoms with van der Waals surface area (Å²) < 4.78 is 7.43. The van der Waals surface area contributed by atoms with Crippen LogP contribution in [0.4, 0.5) is 0 Å². The second-order valence-electron chi connectivity index (χ2n) is 6.96. The fraction of sp³-hybridized carbons (Fsp3) is 0.261. The Morgan fingerprint density at radius 1 is 1.07 bits per heavy atom. The summed E-state index contributed by atoms with van der Waals surface area (Å²) in [6.07, 6.45) is 0. The van der Waals surface area contributed by atoms with Crippen LogP contribution in [-0.2, 0) is 19.6 Å². The van der Waals surface area contributed by atoms with Gasteiger partial charge in [-0.1, -0.05) is 41.9 Å². The van der Waals surface area contributed by atoms with Crippen LogP contribution in [0.2, 0.25) is 5.02 Å². The molecule has 0 spiro atoms. The van der Waals surface area contributed by atoms with Crippen LogP contribution in [0, 0.1) is 13.8 Å². The number of carboxylic acid groups (broad SMARTS) is 1. The van der Waals surface area contributed by atoms with Gasteiger partial charge in [-0.3, -0.25) is 0 Å². The molecule has 0 radical (unpaired) electrons. The number of hydrogen-bond donors (Lipinski definition) is 2. The molecular weight excluding hydrogens is 388 g/mol. The smallest absolute Gasteiger partial charge is 0.337 e.